The first-order valence-electron chi connectivity index (χ1n) is 13.8. The van der Waals surface area contributed by atoms with Crippen LogP contribution in [0.15, 0.2) is 88.7 Å². The zero-order valence-corrected chi connectivity index (χ0v) is 24.4. The first-order chi connectivity index (χ1) is 19.3. The molecule has 1 amide bonds. The number of carbonyl (C=O) groups is 1. The van der Waals surface area contributed by atoms with Crippen molar-refractivity contribution in [3.8, 4) is 0 Å². The summed E-state index contributed by atoms with van der Waals surface area (Å²) in [6.07, 6.45) is 1.27. The lowest BCUT2D eigenvalue weighted by atomic mass is 9.98. The van der Waals surface area contributed by atoms with E-state index in [1.54, 1.807) is 28.2 Å². The van der Waals surface area contributed by atoms with Crippen LogP contribution >= 0.6 is 11.8 Å². The minimum absolute atomic E-state index is 0.0756. The van der Waals surface area contributed by atoms with E-state index in [1.165, 1.54) is 0 Å². The predicted octanol–water partition coefficient (Wildman–Crippen LogP) is 4.21. The average molecular weight is 578 g/mol. The SMILES string of the molecule is Cc1ccc(S(=O)(=O)N2C[C@@]3(CCN(CC(=O)N4CCSc5ccccc54)C3)OC[C@@H]2Cc2ccccc2)cc1. The molecule has 3 aromatic rings. The third-order valence-corrected chi connectivity index (χ3v) is 11.1. The van der Waals surface area contributed by atoms with Gasteiger partial charge in [0.05, 0.1) is 35.4 Å². The molecule has 0 N–H and O–H groups in total. The fourth-order valence-electron chi connectivity index (χ4n) is 6.00. The lowest BCUT2D eigenvalue weighted by Gasteiger charge is -2.44. The lowest BCUT2D eigenvalue weighted by molar-refractivity contribution is -0.121. The largest absolute Gasteiger partial charge is 0.371 e. The first-order valence-corrected chi connectivity index (χ1v) is 16.3. The highest BCUT2D eigenvalue weighted by Gasteiger charge is 2.49. The molecule has 6 rings (SSSR count). The molecular formula is C31H35N3O4S2. The lowest BCUT2D eigenvalue weighted by Crippen LogP contribution is -2.60. The van der Waals surface area contributed by atoms with Crippen molar-refractivity contribution >= 4 is 33.4 Å². The topological polar surface area (TPSA) is 70.2 Å². The van der Waals surface area contributed by atoms with Gasteiger partial charge in [0, 0.05) is 36.8 Å². The molecule has 0 saturated carbocycles. The molecule has 3 heterocycles. The molecule has 0 aromatic heterocycles. The fraction of sp³-hybridized carbons (Fsp3) is 0.387. The molecule has 0 aliphatic carbocycles. The van der Waals surface area contributed by atoms with Crippen LogP contribution < -0.4 is 4.90 Å². The number of aryl methyl sites for hydroxylation is 1. The number of benzene rings is 3. The molecule has 0 bridgehead atoms. The van der Waals surface area contributed by atoms with Crippen LogP contribution in [0.3, 0.4) is 0 Å². The van der Waals surface area contributed by atoms with Crippen LogP contribution in [0.5, 0.6) is 0 Å². The molecule has 7 nitrogen and oxygen atoms in total. The molecule has 3 aliphatic rings. The van der Waals surface area contributed by atoms with Gasteiger partial charge in [-0.05, 0) is 49.6 Å². The molecular weight excluding hydrogens is 542 g/mol. The average Bonchev–Trinajstić information content (AvgIpc) is 3.36. The van der Waals surface area contributed by atoms with Crippen molar-refractivity contribution in [2.45, 2.75) is 41.2 Å². The Morgan fingerprint density at radius 3 is 2.52 bits per heavy atom. The van der Waals surface area contributed by atoms with E-state index in [0.717, 1.165) is 27.5 Å². The molecule has 2 saturated heterocycles. The van der Waals surface area contributed by atoms with Gasteiger partial charge in [0.1, 0.15) is 0 Å². The highest BCUT2D eigenvalue weighted by atomic mass is 32.2. The van der Waals surface area contributed by atoms with Crippen molar-refractivity contribution in [2.24, 2.45) is 0 Å². The van der Waals surface area contributed by atoms with Gasteiger partial charge in [0.25, 0.3) is 0 Å². The predicted molar refractivity (Wildman–Crippen MR) is 158 cm³/mol. The number of carbonyl (C=O) groups excluding carboxylic acids is 1. The maximum atomic E-state index is 14.0. The third kappa shape index (κ3) is 5.58. The number of amides is 1. The standard InChI is InChI=1S/C31H35N3O4S2/c1-24-11-13-27(14-12-24)40(36,37)34-23-31(38-21-26(34)19-25-7-3-2-4-8-25)15-16-32(22-31)20-30(35)33-17-18-39-29-10-6-5-9-28(29)33/h2-14,26H,15-23H2,1H3/t26-,31-/m0/s1. The zero-order valence-electron chi connectivity index (χ0n) is 22.7. The number of anilines is 1. The van der Waals surface area contributed by atoms with E-state index < -0.39 is 15.6 Å². The van der Waals surface area contributed by atoms with E-state index in [4.69, 9.17) is 4.74 Å². The number of nitrogens with zero attached hydrogens (tertiary/aromatic N) is 3. The Balaban J connectivity index is 1.20. The van der Waals surface area contributed by atoms with Crippen LogP contribution in [0.25, 0.3) is 0 Å². The Hall–Kier alpha value is -2.69. The summed E-state index contributed by atoms with van der Waals surface area (Å²) in [5, 5.41) is 0. The number of thioether (sulfide) groups is 1. The van der Waals surface area contributed by atoms with Crippen molar-refractivity contribution in [1.82, 2.24) is 9.21 Å². The summed E-state index contributed by atoms with van der Waals surface area (Å²) >= 11 is 1.78. The number of morpholine rings is 1. The number of hydrogen-bond acceptors (Lipinski definition) is 6. The molecule has 9 heteroatoms. The number of rotatable bonds is 6. The van der Waals surface area contributed by atoms with Crippen LogP contribution in [-0.2, 0) is 26.0 Å². The van der Waals surface area contributed by atoms with Crippen molar-refractivity contribution in [3.05, 3.63) is 90.0 Å². The highest BCUT2D eigenvalue weighted by Crippen LogP contribution is 2.37. The quantitative estimate of drug-likeness (QED) is 0.437. The second-order valence-corrected chi connectivity index (χ2v) is 14.1. The molecule has 0 radical (unpaired) electrons. The normalized spacial score (nSPS) is 23.8. The van der Waals surface area contributed by atoms with Crippen molar-refractivity contribution in [1.29, 1.82) is 0 Å². The molecule has 210 valence electrons. The minimum atomic E-state index is -3.75. The summed E-state index contributed by atoms with van der Waals surface area (Å²) < 4.78 is 36.2. The second-order valence-electron chi connectivity index (χ2n) is 11.0. The summed E-state index contributed by atoms with van der Waals surface area (Å²) in [6.45, 7) is 4.75. The van der Waals surface area contributed by atoms with Crippen LogP contribution in [0, 0.1) is 6.92 Å². The fourth-order valence-corrected chi connectivity index (χ4v) is 8.68. The van der Waals surface area contributed by atoms with E-state index in [1.807, 2.05) is 72.5 Å². The molecule has 3 aromatic carbocycles. The first kappa shape index (κ1) is 27.5. The number of ether oxygens (including phenoxy) is 1. The molecule has 3 aliphatic heterocycles. The Labute approximate surface area is 241 Å². The van der Waals surface area contributed by atoms with Gasteiger partial charge in [-0.2, -0.15) is 4.31 Å². The van der Waals surface area contributed by atoms with Crippen molar-refractivity contribution in [3.63, 3.8) is 0 Å². The Morgan fingerprint density at radius 2 is 1.73 bits per heavy atom. The van der Waals surface area contributed by atoms with Crippen molar-refractivity contribution in [2.75, 3.05) is 50.0 Å². The molecule has 2 fully saturated rings. The molecule has 40 heavy (non-hydrogen) atoms. The summed E-state index contributed by atoms with van der Waals surface area (Å²) in [6, 6.07) is 24.8. The minimum Gasteiger partial charge on any atom is -0.371 e. The van der Waals surface area contributed by atoms with E-state index in [-0.39, 0.29) is 18.5 Å². The van der Waals surface area contributed by atoms with E-state index in [9.17, 15) is 13.2 Å². The zero-order chi connectivity index (χ0) is 27.7. The van der Waals surface area contributed by atoms with Gasteiger partial charge in [-0.3, -0.25) is 9.69 Å². The number of sulfonamides is 1. The Morgan fingerprint density at radius 1 is 0.975 bits per heavy atom. The number of fused-ring (bicyclic) bond motifs is 1. The summed E-state index contributed by atoms with van der Waals surface area (Å²) in [5.41, 5.74) is 2.44. The smallest absolute Gasteiger partial charge is 0.243 e. The number of para-hydroxylation sites is 1. The number of likely N-dealkylation sites (tertiary alicyclic amines) is 1. The third-order valence-electron chi connectivity index (χ3n) is 8.16. The second kappa shape index (κ2) is 11.3. The maximum Gasteiger partial charge on any atom is 0.243 e. The van der Waals surface area contributed by atoms with Crippen molar-refractivity contribution < 1.29 is 17.9 Å². The van der Waals surface area contributed by atoms with Crippen LogP contribution in [0.2, 0.25) is 0 Å². The van der Waals surface area contributed by atoms with E-state index in [0.29, 0.717) is 50.5 Å². The summed E-state index contributed by atoms with van der Waals surface area (Å²) in [7, 11) is -3.75. The molecule has 1 spiro atoms. The molecule has 0 unspecified atom stereocenters. The highest BCUT2D eigenvalue weighted by molar-refractivity contribution is 7.99. The van der Waals surface area contributed by atoms with Gasteiger partial charge < -0.3 is 9.64 Å². The van der Waals surface area contributed by atoms with Gasteiger partial charge in [-0.1, -0.05) is 60.2 Å². The van der Waals surface area contributed by atoms with Crippen LogP contribution in [-0.4, -0.2) is 80.3 Å². The van der Waals surface area contributed by atoms with Crippen LogP contribution in [0.1, 0.15) is 17.5 Å². The van der Waals surface area contributed by atoms with Gasteiger partial charge in [-0.15, -0.1) is 11.8 Å². The van der Waals surface area contributed by atoms with E-state index >= 15 is 0 Å². The Bertz CT molecular complexity index is 1470. The van der Waals surface area contributed by atoms with Crippen LogP contribution in [0.4, 0.5) is 5.69 Å². The monoisotopic (exact) mass is 577 g/mol. The van der Waals surface area contributed by atoms with E-state index in [2.05, 4.69) is 11.0 Å². The van der Waals surface area contributed by atoms with Gasteiger partial charge in [0.15, 0.2) is 0 Å². The summed E-state index contributed by atoms with van der Waals surface area (Å²) in [4.78, 5) is 18.9. The summed E-state index contributed by atoms with van der Waals surface area (Å²) in [5.74, 6) is 0.955. The number of hydrogen-bond donors (Lipinski definition) is 0. The maximum absolute atomic E-state index is 14.0. The van der Waals surface area contributed by atoms with Gasteiger partial charge in [-0.25, -0.2) is 8.42 Å². The Kier molecular flexibility index (Phi) is 7.76. The van der Waals surface area contributed by atoms with Gasteiger partial charge in [0.2, 0.25) is 15.9 Å². The molecule has 2 atom stereocenters. The van der Waals surface area contributed by atoms with Gasteiger partial charge >= 0.3 is 0 Å².